The van der Waals surface area contributed by atoms with Crippen LogP contribution < -0.4 is 5.32 Å². The number of thioether (sulfide) groups is 1. The maximum Gasteiger partial charge on any atom is 0.242 e. The Morgan fingerprint density at radius 2 is 1.84 bits per heavy atom. The molecule has 0 heterocycles. The lowest BCUT2D eigenvalue weighted by Crippen LogP contribution is -2.22. The number of amides is 1. The number of hydrogen-bond acceptors (Lipinski definition) is 4. The molecule has 25 heavy (non-hydrogen) atoms. The van der Waals surface area contributed by atoms with Crippen molar-refractivity contribution in [3.63, 3.8) is 0 Å². The highest BCUT2D eigenvalue weighted by Crippen LogP contribution is 2.26. The number of carbonyl (C=O) groups excluding carboxylic acids is 1. The number of halogens is 1. The van der Waals surface area contributed by atoms with Crippen molar-refractivity contribution in [2.75, 3.05) is 25.2 Å². The highest BCUT2D eigenvalue weighted by atomic mass is 35.5. The minimum atomic E-state index is -3.59. The normalized spacial score (nSPS) is 11.5. The Morgan fingerprint density at radius 1 is 1.16 bits per heavy atom. The smallest absolute Gasteiger partial charge is 0.242 e. The average molecular weight is 399 g/mol. The Bertz CT molecular complexity index is 840. The average Bonchev–Trinajstić information content (AvgIpc) is 2.57. The molecule has 8 heteroatoms. The van der Waals surface area contributed by atoms with Gasteiger partial charge in [-0.3, -0.25) is 4.79 Å². The van der Waals surface area contributed by atoms with Gasteiger partial charge in [0.2, 0.25) is 15.9 Å². The quantitative estimate of drug-likeness (QED) is 0.775. The van der Waals surface area contributed by atoms with Crippen molar-refractivity contribution in [3.05, 3.63) is 59.1 Å². The van der Waals surface area contributed by atoms with Crippen LogP contribution in [0.3, 0.4) is 0 Å². The molecule has 0 aliphatic carbocycles. The monoisotopic (exact) mass is 398 g/mol. The Balaban J connectivity index is 2.00. The van der Waals surface area contributed by atoms with Crippen molar-refractivity contribution in [3.8, 4) is 0 Å². The summed E-state index contributed by atoms with van der Waals surface area (Å²) < 4.78 is 25.5. The summed E-state index contributed by atoms with van der Waals surface area (Å²) in [7, 11) is -0.693. The van der Waals surface area contributed by atoms with Gasteiger partial charge in [-0.15, -0.1) is 11.8 Å². The summed E-state index contributed by atoms with van der Waals surface area (Å²) >= 11 is 7.54. The molecule has 5 nitrogen and oxygen atoms in total. The van der Waals surface area contributed by atoms with Gasteiger partial charge in [0.15, 0.2) is 0 Å². The second kappa shape index (κ2) is 8.71. The van der Waals surface area contributed by atoms with Gasteiger partial charge in [0.25, 0.3) is 0 Å². The van der Waals surface area contributed by atoms with Gasteiger partial charge in [-0.2, -0.15) is 0 Å². The van der Waals surface area contributed by atoms with Crippen LogP contribution in [0.2, 0.25) is 5.02 Å². The largest absolute Gasteiger partial charge is 0.324 e. The fourth-order valence-corrected chi connectivity index (χ4v) is 3.87. The first-order valence-electron chi connectivity index (χ1n) is 7.44. The summed E-state index contributed by atoms with van der Waals surface area (Å²) in [5.41, 5.74) is 1.42. The molecule has 0 aromatic heterocycles. The molecule has 0 fully saturated rings. The van der Waals surface area contributed by atoms with E-state index in [1.54, 1.807) is 0 Å². The Hall–Kier alpha value is -1.54. The molecule has 134 valence electrons. The molecule has 1 N–H and O–H groups in total. The van der Waals surface area contributed by atoms with Crippen LogP contribution >= 0.6 is 23.4 Å². The number of carbonyl (C=O) groups is 1. The minimum absolute atomic E-state index is 0.0779. The van der Waals surface area contributed by atoms with Gasteiger partial charge < -0.3 is 5.32 Å². The van der Waals surface area contributed by atoms with Gasteiger partial charge in [0, 0.05) is 19.8 Å². The van der Waals surface area contributed by atoms with Gasteiger partial charge in [0.05, 0.1) is 21.4 Å². The second-order valence-electron chi connectivity index (χ2n) is 5.46. The summed E-state index contributed by atoms with van der Waals surface area (Å²) in [5, 5.41) is 2.96. The highest BCUT2D eigenvalue weighted by molar-refractivity contribution is 7.99. The van der Waals surface area contributed by atoms with E-state index in [-0.39, 0.29) is 22.2 Å². The number of benzene rings is 2. The van der Waals surface area contributed by atoms with Crippen molar-refractivity contribution in [2.24, 2.45) is 0 Å². The summed E-state index contributed by atoms with van der Waals surface area (Å²) in [6.45, 7) is 0. The van der Waals surface area contributed by atoms with E-state index in [2.05, 4.69) is 5.32 Å². The number of rotatable bonds is 7. The van der Waals surface area contributed by atoms with Crippen molar-refractivity contribution >= 4 is 45.0 Å². The van der Waals surface area contributed by atoms with E-state index in [1.165, 1.54) is 44.1 Å². The Morgan fingerprint density at radius 3 is 2.48 bits per heavy atom. The number of nitrogens with one attached hydrogen (secondary N) is 1. The minimum Gasteiger partial charge on any atom is -0.324 e. The standard InChI is InChI=1S/C17H19ClN2O3S2/c1-20(2)25(22,23)14-8-9-15(18)16(10-14)19-17(21)12-24-11-13-6-4-3-5-7-13/h3-10H,11-12H2,1-2H3,(H,19,21). The fourth-order valence-electron chi connectivity index (χ4n) is 1.99. The molecule has 0 saturated carbocycles. The molecule has 1 amide bonds. The summed E-state index contributed by atoms with van der Waals surface area (Å²) in [6.07, 6.45) is 0. The third-order valence-electron chi connectivity index (χ3n) is 3.34. The van der Waals surface area contributed by atoms with E-state index < -0.39 is 10.0 Å². The third-order valence-corrected chi connectivity index (χ3v) is 6.48. The van der Waals surface area contributed by atoms with Crippen molar-refractivity contribution < 1.29 is 13.2 Å². The highest BCUT2D eigenvalue weighted by Gasteiger charge is 2.19. The van der Waals surface area contributed by atoms with Crippen LogP contribution in [0.15, 0.2) is 53.4 Å². The SMILES string of the molecule is CN(C)S(=O)(=O)c1ccc(Cl)c(NC(=O)CSCc2ccccc2)c1. The molecular weight excluding hydrogens is 380 g/mol. The topological polar surface area (TPSA) is 66.5 Å². The summed E-state index contributed by atoms with van der Waals surface area (Å²) in [4.78, 5) is 12.2. The number of anilines is 1. The van der Waals surface area contributed by atoms with Gasteiger partial charge in [0.1, 0.15) is 0 Å². The first-order valence-corrected chi connectivity index (χ1v) is 10.4. The van der Waals surface area contributed by atoms with E-state index >= 15 is 0 Å². The van der Waals surface area contributed by atoms with E-state index in [0.29, 0.717) is 5.02 Å². The predicted molar refractivity (Wildman–Crippen MR) is 104 cm³/mol. The first kappa shape index (κ1) is 19.8. The lowest BCUT2D eigenvalue weighted by atomic mass is 10.2. The predicted octanol–water partition coefficient (Wildman–Crippen LogP) is 3.46. The molecule has 0 spiro atoms. The molecule has 0 atom stereocenters. The van der Waals surface area contributed by atoms with Crippen LogP contribution in [-0.2, 0) is 20.6 Å². The van der Waals surface area contributed by atoms with Gasteiger partial charge >= 0.3 is 0 Å². The van der Waals surface area contributed by atoms with Gasteiger partial charge in [-0.1, -0.05) is 41.9 Å². The lowest BCUT2D eigenvalue weighted by Gasteiger charge is -2.13. The fraction of sp³-hybridized carbons (Fsp3) is 0.235. The van der Waals surface area contributed by atoms with E-state index in [1.807, 2.05) is 30.3 Å². The molecule has 0 saturated heterocycles. The summed E-state index contributed by atoms with van der Waals surface area (Å²) in [5.74, 6) is 0.731. The zero-order valence-corrected chi connectivity index (χ0v) is 16.3. The van der Waals surface area contributed by atoms with Crippen molar-refractivity contribution in [1.82, 2.24) is 4.31 Å². The molecule has 0 unspecified atom stereocenters. The maximum absolute atomic E-state index is 12.2. The first-order chi connectivity index (χ1) is 11.8. The zero-order chi connectivity index (χ0) is 18.4. The van der Waals surface area contributed by atoms with Crippen LogP contribution in [0.1, 0.15) is 5.56 Å². The summed E-state index contributed by atoms with van der Waals surface area (Å²) in [6, 6.07) is 14.1. The van der Waals surface area contributed by atoms with Gasteiger partial charge in [-0.25, -0.2) is 12.7 Å². The third kappa shape index (κ3) is 5.47. The molecule has 0 radical (unpaired) electrons. The maximum atomic E-state index is 12.2. The molecule has 2 aromatic carbocycles. The molecule has 0 aliphatic rings. The molecule has 0 bridgehead atoms. The lowest BCUT2D eigenvalue weighted by molar-refractivity contribution is -0.113. The van der Waals surface area contributed by atoms with Crippen LogP contribution in [-0.4, -0.2) is 38.5 Å². The van der Waals surface area contributed by atoms with Crippen molar-refractivity contribution in [1.29, 1.82) is 0 Å². The second-order valence-corrected chi connectivity index (χ2v) is 9.00. The van der Waals surface area contributed by atoms with Gasteiger partial charge in [-0.05, 0) is 23.8 Å². The molecule has 2 rings (SSSR count). The van der Waals surface area contributed by atoms with Crippen LogP contribution in [0, 0.1) is 0 Å². The van der Waals surface area contributed by atoms with Crippen LogP contribution in [0.25, 0.3) is 0 Å². The number of hydrogen-bond donors (Lipinski definition) is 1. The van der Waals surface area contributed by atoms with Crippen LogP contribution in [0.4, 0.5) is 5.69 Å². The Kier molecular flexibility index (Phi) is 6.89. The zero-order valence-electron chi connectivity index (χ0n) is 13.9. The number of sulfonamides is 1. The number of nitrogens with zero attached hydrogens (tertiary/aromatic N) is 1. The molecular formula is C17H19ClN2O3S2. The van der Waals surface area contributed by atoms with E-state index in [9.17, 15) is 13.2 Å². The Labute approximate surface area is 157 Å². The van der Waals surface area contributed by atoms with E-state index in [4.69, 9.17) is 11.6 Å². The van der Waals surface area contributed by atoms with E-state index in [0.717, 1.165) is 15.6 Å². The van der Waals surface area contributed by atoms with Crippen molar-refractivity contribution in [2.45, 2.75) is 10.6 Å². The molecule has 0 aliphatic heterocycles. The molecule has 2 aromatic rings. The van der Waals surface area contributed by atoms with Crippen LogP contribution in [0.5, 0.6) is 0 Å².